The van der Waals surface area contributed by atoms with Crippen LogP contribution in [0.4, 0.5) is 0 Å². The topological polar surface area (TPSA) is 29.9 Å². The van der Waals surface area contributed by atoms with Crippen molar-refractivity contribution in [3.8, 4) is 0 Å². The standard InChI is InChI=1S/C18H27N3/c1-5-19-17(12-11-16-13-14-20-21(16)4)18(2,3)15-9-7-6-8-10-15/h6-10,13-14,17,19H,5,11-12H2,1-4H3. The molecular formula is C18H27N3. The average Bonchev–Trinajstić information content (AvgIpc) is 2.89. The van der Waals surface area contributed by atoms with Crippen LogP contribution < -0.4 is 5.32 Å². The molecule has 114 valence electrons. The highest BCUT2D eigenvalue weighted by atomic mass is 15.2. The van der Waals surface area contributed by atoms with Crippen molar-refractivity contribution >= 4 is 0 Å². The van der Waals surface area contributed by atoms with Crippen LogP contribution >= 0.6 is 0 Å². The Morgan fingerprint density at radius 2 is 1.90 bits per heavy atom. The fourth-order valence-corrected chi connectivity index (χ4v) is 2.97. The van der Waals surface area contributed by atoms with Gasteiger partial charge < -0.3 is 5.32 Å². The zero-order valence-electron chi connectivity index (χ0n) is 13.6. The van der Waals surface area contributed by atoms with Crippen LogP contribution in [0.25, 0.3) is 0 Å². The van der Waals surface area contributed by atoms with E-state index in [4.69, 9.17) is 0 Å². The molecule has 0 saturated heterocycles. The molecule has 0 aliphatic carbocycles. The minimum Gasteiger partial charge on any atom is -0.313 e. The molecule has 1 atom stereocenters. The molecule has 2 aromatic rings. The minimum atomic E-state index is 0.107. The molecule has 2 rings (SSSR count). The van der Waals surface area contributed by atoms with Crippen molar-refractivity contribution in [3.63, 3.8) is 0 Å². The Bertz CT molecular complexity index is 543. The molecule has 1 heterocycles. The van der Waals surface area contributed by atoms with Crippen molar-refractivity contribution < 1.29 is 0 Å². The number of nitrogens with zero attached hydrogens (tertiary/aromatic N) is 2. The third kappa shape index (κ3) is 3.73. The summed E-state index contributed by atoms with van der Waals surface area (Å²) >= 11 is 0. The third-order valence-electron chi connectivity index (χ3n) is 4.45. The molecule has 0 radical (unpaired) electrons. The van der Waals surface area contributed by atoms with E-state index in [9.17, 15) is 0 Å². The van der Waals surface area contributed by atoms with Crippen LogP contribution in [0.15, 0.2) is 42.6 Å². The molecule has 1 aromatic heterocycles. The summed E-state index contributed by atoms with van der Waals surface area (Å²) in [6.07, 6.45) is 4.03. The second-order valence-corrected chi connectivity index (χ2v) is 6.18. The molecule has 1 N–H and O–H groups in total. The Labute approximate surface area is 128 Å². The number of aromatic nitrogens is 2. The van der Waals surface area contributed by atoms with Crippen LogP contribution in [0.2, 0.25) is 0 Å². The van der Waals surface area contributed by atoms with Crippen LogP contribution in [-0.2, 0) is 18.9 Å². The Hall–Kier alpha value is -1.61. The molecule has 21 heavy (non-hydrogen) atoms. The predicted octanol–water partition coefficient (Wildman–Crippen LogP) is 3.31. The Morgan fingerprint density at radius 1 is 1.19 bits per heavy atom. The van der Waals surface area contributed by atoms with Crippen LogP contribution in [-0.4, -0.2) is 22.4 Å². The lowest BCUT2D eigenvalue weighted by Crippen LogP contribution is -2.45. The van der Waals surface area contributed by atoms with Crippen LogP contribution in [0, 0.1) is 0 Å². The van der Waals surface area contributed by atoms with E-state index < -0.39 is 0 Å². The van der Waals surface area contributed by atoms with Crippen molar-refractivity contribution in [3.05, 3.63) is 53.9 Å². The summed E-state index contributed by atoms with van der Waals surface area (Å²) < 4.78 is 1.97. The molecule has 0 spiro atoms. The fourth-order valence-electron chi connectivity index (χ4n) is 2.97. The van der Waals surface area contributed by atoms with Gasteiger partial charge in [-0.05, 0) is 31.0 Å². The second-order valence-electron chi connectivity index (χ2n) is 6.18. The summed E-state index contributed by atoms with van der Waals surface area (Å²) in [7, 11) is 2.01. The Balaban J connectivity index is 2.12. The molecule has 0 aliphatic rings. The maximum absolute atomic E-state index is 4.26. The largest absolute Gasteiger partial charge is 0.313 e. The zero-order chi connectivity index (χ0) is 15.3. The van der Waals surface area contributed by atoms with Crippen LogP contribution in [0.3, 0.4) is 0 Å². The van der Waals surface area contributed by atoms with Gasteiger partial charge in [0.05, 0.1) is 0 Å². The molecule has 3 nitrogen and oxygen atoms in total. The summed E-state index contributed by atoms with van der Waals surface area (Å²) in [5.41, 5.74) is 2.79. The molecule has 0 fully saturated rings. The van der Waals surface area contributed by atoms with E-state index in [-0.39, 0.29) is 5.41 Å². The quantitative estimate of drug-likeness (QED) is 0.846. The van der Waals surface area contributed by atoms with Gasteiger partial charge in [-0.1, -0.05) is 51.1 Å². The van der Waals surface area contributed by atoms with Gasteiger partial charge >= 0.3 is 0 Å². The molecule has 0 aliphatic heterocycles. The molecular weight excluding hydrogens is 258 g/mol. The molecule has 0 bridgehead atoms. The summed E-state index contributed by atoms with van der Waals surface area (Å²) in [4.78, 5) is 0. The van der Waals surface area contributed by atoms with E-state index in [0.29, 0.717) is 6.04 Å². The highest BCUT2D eigenvalue weighted by Crippen LogP contribution is 2.29. The van der Waals surface area contributed by atoms with Gasteiger partial charge in [-0.25, -0.2) is 0 Å². The lowest BCUT2D eigenvalue weighted by Gasteiger charge is -2.36. The van der Waals surface area contributed by atoms with E-state index in [2.05, 4.69) is 67.6 Å². The van der Waals surface area contributed by atoms with Crippen molar-refractivity contribution in [2.24, 2.45) is 7.05 Å². The number of hydrogen-bond donors (Lipinski definition) is 1. The lowest BCUT2D eigenvalue weighted by atomic mass is 9.76. The lowest BCUT2D eigenvalue weighted by molar-refractivity contribution is 0.325. The normalized spacial score (nSPS) is 13.3. The summed E-state index contributed by atoms with van der Waals surface area (Å²) in [5.74, 6) is 0. The minimum absolute atomic E-state index is 0.107. The number of rotatable bonds is 7. The smallest absolute Gasteiger partial charge is 0.0492 e. The highest BCUT2D eigenvalue weighted by Gasteiger charge is 2.30. The van der Waals surface area contributed by atoms with Gasteiger partial charge in [-0.2, -0.15) is 5.10 Å². The number of aryl methyl sites for hydroxylation is 2. The van der Waals surface area contributed by atoms with Gasteiger partial charge in [0.25, 0.3) is 0 Å². The van der Waals surface area contributed by atoms with Gasteiger partial charge in [0.1, 0.15) is 0 Å². The highest BCUT2D eigenvalue weighted by molar-refractivity contribution is 5.26. The monoisotopic (exact) mass is 285 g/mol. The number of likely N-dealkylation sites (N-methyl/N-ethyl adjacent to an activating group) is 1. The van der Waals surface area contributed by atoms with Gasteiger partial charge in [0.2, 0.25) is 0 Å². The van der Waals surface area contributed by atoms with E-state index >= 15 is 0 Å². The number of benzene rings is 1. The van der Waals surface area contributed by atoms with E-state index in [1.165, 1.54) is 11.3 Å². The van der Waals surface area contributed by atoms with Gasteiger partial charge in [-0.15, -0.1) is 0 Å². The van der Waals surface area contributed by atoms with Gasteiger partial charge in [-0.3, -0.25) is 4.68 Å². The third-order valence-corrected chi connectivity index (χ3v) is 4.45. The van der Waals surface area contributed by atoms with Crippen molar-refractivity contribution in [1.29, 1.82) is 0 Å². The van der Waals surface area contributed by atoms with E-state index in [1.807, 2.05) is 17.9 Å². The maximum atomic E-state index is 4.26. The van der Waals surface area contributed by atoms with Gasteiger partial charge in [0, 0.05) is 30.4 Å². The van der Waals surface area contributed by atoms with Crippen molar-refractivity contribution in [1.82, 2.24) is 15.1 Å². The summed E-state index contributed by atoms with van der Waals surface area (Å²) in [5, 5.41) is 7.93. The fraction of sp³-hybridized carbons (Fsp3) is 0.500. The number of hydrogen-bond acceptors (Lipinski definition) is 2. The molecule has 1 aromatic carbocycles. The first-order chi connectivity index (χ1) is 10.1. The van der Waals surface area contributed by atoms with E-state index in [0.717, 1.165) is 19.4 Å². The zero-order valence-corrected chi connectivity index (χ0v) is 13.6. The van der Waals surface area contributed by atoms with Gasteiger partial charge in [0.15, 0.2) is 0 Å². The Morgan fingerprint density at radius 3 is 2.48 bits per heavy atom. The summed E-state index contributed by atoms with van der Waals surface area (Å²) in [6.45, 7) is 7.84. The summed E-state index contributed by atoms with van der Waals surface area (Å²) in [6, 6.07) is 13.3. The maximum Gasteiger partial charge on any atom is 0.0492 e. The second kappa shape index (κ2) is 6.90. The van der Waals surface area contributed by atoms with Crippen molar-refractivity contribution in [2.45, 2.75) is 45.1 Å². The first-order valence-electron chi connectivity index (χ1n) is 7.81. The first-order valence-corrected chi connectivity index (χ1v) is 7.81. The Kier molecular flexibility index (Phi) is 5.18. The first kappa shape index (κ1) is 15.8. The molecule has 3 heteroatoms. The SMILES string of the molecule is CCNC(CCc1ccnn1C)C(C)(C)c1ccccc1. The van der Waals surface area contributed by atoms with Crippen LogP contribution in [0.5, 0.6) is 0 Å². The van der Waals surface area contributed by atoms with E-state index in [1.54, 1.807) is 0 Å². The average molecular weight is 285 g/mol. The van der Waals surface area contributed by atoms with Crippen molar-refractivity contribution in [2.75, 3.05) is 6.54 Å². The predicted molar refractivity (Wildman–Crippen MR) is 88.5 cm³/mol. The molecule has 0 saturated carbocycles. The van der Waals surface area contributed by atoms with Crippen LogP contribution in [0.1, 0.15) is 38.4 Å². The number of nitrogens with one attached hydrogen (secondary N) is 1. The molecule has 0 amide bonds. The molecule has 1 unspecified atom stereocenters.